The number of aromatic amines is 1. The molecule has 0 aromatic carbocycles. The van der Waals surface area contributed by atoms with Crippen LogP contribution in [-0.4, -0.2) is 51.7 Å². The maximum atomic E-state index is 11.9. The SMILES string of the molecule is CC(C)c1nc(C(=O)NCC(C)N(C)C2CC2)n[nH]1. The molecule has 0 saturated heterocycles. The summed E-state index contributed by atoms with van der Waals surface area (Å²) in [5.41, 5.74) is 0. The minimum atomic E-state index is -0.209. The molecule has 106 valence electrons. The topological polar surface area (TPSA) is 73.9 Å². The normalized spacial score (nSPS) is 16.9. The van der Waals surface area contributed by atoms with Gasteiger partial charge in [0, 0.05) is 24.5 Å². The fourth-order valence-electron chi connectivity index (χ4n) is 1.94. The summed E-state index contributed by atoms with van der Waals surface area (Å²) in [6, 6.07) is 1.03. The quantitative estimate of drug-likeness (QED) is 0.809. The Morgan fingerprint density at radius 1 is 1.47 bits per heavy atom. The van der Waals surface area contributed by atoms with Crippen LogP contribution in [0.15, 0.2) is 0 Å². The molecule has 0 spiro atoms. The number of nitrogens with zero attached hydrogens (tertiary/aromatic N) is 3. The van der Waals surface area contributed by atoms with Gasteiger partial charge in [0.25, 0.3) is 5.91 Å². The third kappa shape index (κ3) is 3.53. The van der Waals surface area contributed by atoms with Gasteiger partial charge in [0.15, 0.2) is 0 Å². The number of H-pyrrole nitrogens is 1. The smallest absolute Gasteiger partial charge is 0.291 e. The zero-order chi connectivity index (χ0) is 14.0. The van der Waals surface area contributed by atoms with Crippen LogP contribution < -0.4 is 5.32 Å². The number of amides is 1. The molecule has 1 saturated carbocycles. The standard InChI is InChI=1S/C13H23N5O/c1-8(2)11-15-12(17-16-11)13(19)14-7-9(3)18(4)10-5-6-10/h8-10H,5-7H2,1-4H3,(H,14,19)(H,15,16,17). The van der Waals surface area contributed by atoms with E-state index in [-0.39, 0.29) is 17.6 Å². The molecule has 6 heteroatoms. The van der Waals surface area contributed by atoms with Gasteiger partial charge in [-0.15, -0.1) is 5.10 Å². The Kier molecular flexibility index (Phi) is 4.19. The van der Waals surface area contributed by atoms with E-state index in [2.05, 4.69) is 39.4 Å². The van der Waals surface area contributed by atoms with E-state index in [1.165, 1.54) is 12.8 Å². The molecule has 0 aliphatic heterocycles. The van der Waals surface area contributed by atoms with Crippen LogP contribution in [0.25, 0.3) is 0 Å². The highest BCUT2D eigenvalue weighted by Gasteiger charge is 2.29. The van der Waals surface area contributed by atoms with Crippen LogP contribution in [0.1, 0.15) is 56.0 Å². The number of hydrogen-bond acceptors (Lipinski definition) is 4. The first-order valence-corrected chi connectivity index (χ1v) is 6.91. The van der Waals surface area contributed by atoms with Gasteiger partial charge in [-0.3, -0.25) is 14.8 Å². The van der Waals surface area contributed by atoms with Crippen LogP contribution in [0, 0.1) is 0 Å². The molecule has 19 heavy (non-hydrogen) atoms. The lowest BCUT2D eigenvalue weighted by Gasteiger charge is -2.24. The minimum Gasteiger partial charge on any atom is -0.348 e. The summed E-state index contributed by atoms with van der Waals surface area (Å²) in [5.74, 6) is 1.01. The molecule has 1 unspecified atom stereocenters. The number of carbonyl (C=O) groups excluding carboxylic acids is 1. The fourth-order valence-corrected chi connectivity index (χ4v) is 1.94. The third-order valence-electron chi connectivity index (χ3n) is 3.63. The molecular weight excluding hydrogens is 242 g/mol. The molecule has 1 amide bonds. The summed E-state index contributed by atoms with van der Waals surface area (Å²) in [6.07, 6.45) is 2.54. The van der Waals surface area contributed by atoms with Crippen molar-refractivity contribution in [2.45, 2.75) is 51.6 Å². The van der Waals surface area contributed by atoms with E-state index in [0.717, 1.165) is 5.82 Å². The fraction of sp³-hybridized carbons (Fsp3) is 0.769. The molecule has 6 nitrogen and oxygen atoms in total. The average molecular weight is 265 g/mol. The van der Waals surface area contributed by atoms with E-state index in [0.29, 0.717) is 18.6 Å². The van der Waals surface area contributed by atoms with E-state index in [9.17, 15) is 4.79 Å². The van der Waals surface area contributed by atoms with Crippen molar-refractivity contribution in [3.05, 3.63) is 11.6 Å². The van der Waals surface area contributed by atoms with Crippen LogP contribution in [-0.2, 0) is 0 Å². The zero-order valence-corrected chi connectivity index (χ0v) is 12.1. The summed E-state index contributed by atoms with van der Waals surface area (Å²) in [7, 11) is 2.11. The highest BCUT2D eigenvalue weighted by Crippen LogP contribution is 2.26. The second-order valence-corrected chi connectivity index (χ2v) is 5.65. The van der Waals surface area contributed by atoms with Crippen molar-refractivity contribution in [3.63, 3.8) is 0 Å². The molecule has 1 aliphatic rings. The Hall–Kier alpha value is -1.43. The number of rotatable bonds is 6. The lowest BCUT2D eigenvalue weighted by Crippen LogP contribution is -2.41. The minimum absolute atomic E-state index is 0.209. The first-order valence-electron chi connectivity index (χ1n) is 6.91. The molecule has 1 aliphatic carbocycles. The van der Waals surface area contributed by atoms with E-state index in [4.69, 9.17) is 0 Å². The van der Waals surface area contributed by atoms with Crippen LogP contribution in [0.3, 0.4) is 0 Å². The van der Waals surface area contributed by atoms with Crippen LogP contribution in [0.4, 0.5) is 0 Å². The van der Waals surface area contributed by atoms with E-state index in [1.54, 1.807) is 0 Å². The number of hydrogen-bond donors (Lipinski definition) is 2. The van der Waals surface area contributed by atoms with E-state index >= 15 is 0 Å². The van der Waals surface area contributed by atoms with E-state index in [1.807, 2.05) is 13.8 Å². The number of nitrogens with one attached hydrogen (secondary N) is 2. The van der Waals surface area contributed by atoms with Gasteiger partial charge < -0.3 is 5.32 Å². The predicted octanol–water partition coefficient (Wildman–Crippen LogP) is 1.14. The first kappa shape index (κ1) is 14.0. The average Bonchev–Trinajstić information content (AvgIpc) is 3.10. The molecule has 1 atom stereocenters. The molecule has 2 N–H and O–H groups in total. The number of likely N-dealkylation sites (N-methyl/N-ethyl adjacent to an activating group) is 1. The second kappa shape index (κ2) is 5.69. The monoisotopic (exact) mass is 265 g/mol. The van der Waals surface area contributed by atoms with Crippen LogP contribution >= 0.6 is 0 Å². The van der Waals surface area contributed by atoms with Gasteiger partial charge in [-0.05, 0) is 26.8 Å². The van der Waals surface area contributed by atoms with Crippen molar-refractivity contribution in [1.29, 1.82) is 0 Å². The molecular formula is C13H23N5O. The molecule has 1 fully saturated rings. The molecule has 1 heterocycles. The van der Waals surface area contributed by atoms with Gasteiger partial charge in [0.1, 0.15) is 5.82 Å². The van der Waals surface area contributed by atoms with Crippen molar-refractivity contribution in [2.24, 2.45) is 0 Å². The van der Waals surface area contributed by atoms with Crippen LogP contribution in [0.2, 0.25) is 0 Å². The van der Waals surface area contributed by atoms with Crippen molar-refractivity contribution in [2.75, 3.05) is 13.6 Å². The maximum absolute atomic E-state index is 11.9. The Bertz CT molecular complexity index is 438. The van der Waals surface area contributed by atoms with Gasteiger partial charge in [-0.2, -0.15) is 0 Å². The summed E-state index contributed by atoms with van der Waals surface area (Å²) in [6.45, 7) is 6.76. The molecule has 2 rings (SSSR count). The molecule has 1 aromatic rings. The lowest BCUT2D eigenvalue weighted by atomic mass is 10.2. The Morgan fingerprint density at radius 3 is 2.68 bits per heavy atom. The second-order valence-electron chi connectivity index (χ2n) is 5.65. The van der Waals surface area contributed by atoms with Gasteiger partial charge in [-0.1, -0.05) is 13.8 Å². The van der Waals surface area contributed by atoms with Gasteiger partial charge in [0.2, 0.25) is 5.82 Å². The van der Waals surface area contributed by atoms with Crippen molar-refractivity contribution >= 4 is 5.91 Å². The number of aromatic nitrogens is 3. The van der Waals surface area contributed by atoms with Crippen molar-refractivity contribution < 1.29 is 4.79 Å². The molecule has 0 radical (unpaired) electrons. The summed E-state index contributed by atoms with van der Waals surface area (Å²) < 4.78 is 0. The highest BCUT2D eigenvalue weighted by atomic mass is 16.2. The van der Waals surface area contributed by atoms with Crippen LogP contribution in [0.5, 0.6) is 0 Å². The molecule has 0 bridgehead atoms. The maximum Gasteiger partial charge on any atom is 0.291 e. The van der Waals surface area contributed by atoms with Crippen molar-refractivity contribution in [3.8, 4) is 0 Å². The first-order chi connectivity index (χ1) is 8.99. The van der Waals surface area contributed by atoms with Gasteiger partial charge >= 0.3 is 0 Å². The Morgan fingerprint density at radius 2 is 2.16 bits per heavy atom. The summed E-state index contributed by atoms with van der Waals surface area (Å²) >= 11 is 0. The zero-order valence-electron chi connectivity index (χ0n) is 12.1. The predicted molar refractivity (Wildman–Crippen MR) is 73.1 cm³/mol. The third-order valence-corrected chi connectivity index (χ3v) is 3.63. The largest absolute Gasteiger partial charge is 0.348 e. The number of carbonyl (C=O) groups is 1. The highest BCUT2D eigenvalue weighted by molar-refractivity contribution is 5.90. The molecule has 1 aromatic heterocycles. The van der Waals surface area contributed by atoms with Gasteiger partial charge in [-0.25, -0.2) is 4.98 Å². The Balaban J connectivity index is 1.82. The van der Waals surface area contributed by atoms with Crippen molar-refractivity contribution in [1.82, 2.24) is 25.4 Å². The van der Waals surface area contributed by atoms with Gasteiger partial charge in [0.05, 0.1) is 0 Å². The lowest BCUT2D eigenvalue weighted by molar-refractivity contribution is 0.0929. The summed E-state index contributed by atoms with van der Waals surface area (Å²) in [4.78, 5) is 18.4. The summed E-state index contributed by atoms with van der Waals surface area (Å²) in [5, 5.41) is 9.63. The Labute approximate surface area is 114 Å². The van der Waals surface area contributed by atoms with E-state index < -0.39 is 0 Å².